The van der Waals surface area contributed by atoms with E-state index in [1.165, 1.54) is 6.20 Å². The third-order valence-electron chi connectivity index (χ3n) is 2.10. The molecule has 0 aliphatic carbocycles. The number of hydrogen-bond acceptors (Lipinski definition) is 4. The van der Waals surface area contributed by atoms with Crippen molar-refractivity contribution >= 4 is 5.69 Å². The molecule has 0 aromatic carbocycles. The van der Waals surface area contributed by atoms with E-state index in [2.05, 4.69) is 10.3 Å². The molecule has 76 valence electrons. The molecule has 1 unspecified atom stereocenters. The van der Waals surface area contributed by atoms with Gasteiger partial charge < -0.3 is 5.32 Å². The number of nitrogens with one attached hydrogen (secondary N) is 1. The van der Waals surface area contributed by atoms with Crippen molar-refractivity contribution in [2.75, 3.05) is 7.05 Å². The second-order valence-corrected chi connectivity index (χ2v) is 3.16. The molecule has 1 rings (SSSR count). The highest BCUT2D eigenvalue weighted by atomic mass is 16.6. The van der Waals surface area contributed by atoms with Crippen molar-refractivity contribution in [3.05, 3.63) is 34.1 Å². The lowest BCUT2D eigenvalue weighted by Crippen LogP contribution is -2.23. The molecule has 0 fully saturated rings. The van der Waals surface area contributed by atoms with Gasteiger partial charge in [-0.3, -0.25) is 15.1 Å². The molecule has 1 atom stereocenters. The minimum atomic E-state index is -0.398. The first-order valence-corrected chi connectivity index (χ1v) is 4.39. The van der Waals surface area contributed by atoms with Gasteiger partial charge in [0.2, 0.25) is 0 Å². The van der Waals surface area contributed by atoms with Gasteiger partial charge in [0.1, 0.15) is 6.20 Å². The van der Waals surface area contributed by atoms with Crippen molar-refractivity contribution < 1.29 is 4.92 Å². The number of rotatable bonds is 4. The maximum absolute atomic E-state index is 10.6. The van der Waals surface area contributed by atoms with Crippen molar-refractivity contribution in [3.63, 3.8) is 0 Å². The minimum Gasteiger partial charge on any atom is -0.317 e. The van der Waals surface area contributed by atoms with E-state index in [1.807, 2.05) is 14.0 Å². The summed E-state index contributed by atoms with van der Waals surface area (Å²) in [4.78, 5) is 14.0. The van der Waals surface area contributed by atoms with Crippen molar-refractivity contribution in [3.8, 4) is 0 Å². The molecule has 0 aliphatic heterocycles. The number of nitrogens with zero attached hydrogens (tertiary/aromatic N) is 2. The summed E-state index contributed by atoms with van der Waals surface area (Å²) in [5.74, 6) is 0. The number of likely N-dealkylation sites (N-methyl/N-ethyl adjacent to an activating group) is 1. The molecule has 0 amide bonds. The first-order valence-electron chi connectivity index (χ1n) is 4.39. The lowest BCUT2D eigenvalue weighted by atomic mass is 10.1. The maximum Gasteiger partial charge on any atom is 0.290 e. The van der Waals surface area contributed by atoms with E-state index in [9.17, 15) is 10.1 Å². The molecule has 0 radical (unpaired) electrons. The van der Waals surface area contributed by atoms with Gasteiger partial charge in [0.05, 0.1) is 4.92 Å². The molecule has 0 aliphatic rings. The monoisotopic (exact) mass is 195 g/mol. The Bertz CT molecular complexity index is 328. The van der Waals surface area contributed by atoms with E-state index in [4.69, 9.17) is 0 Å². The Morgan fingerprint density at radius 3 is 3.00 bits per heavy atom. The van der Waals surface area contributed by atoms with Gasteiger partial charge in [-0.1, -0.05) is 0 Å². The van der Waals surface area contributed by atoms with Crippen LogP contribution in [0.1, 0.15) is 12.5 Å². The second kappa shape index (κ2) is 4.66. The quantitative estimate of drug-likeness (QED) is 0.577. The van der Waals surface area contributed by atoms with Crippen molar-refractivity contribution in [2.45, 2.75) is 19.4 Å². The van der Waals surface area contributed by atoms with Gasteiger partial charge in [0.25, 0.3) is 5.69 Å². The molecule has 5 nitrogen and oxygen atoms in total. The van der Waals surface area contributed by atoms with Crippen LogP contribution in [0.15, 0.2) is 18.5 Å². The molecule has 1 heterocycles. The largest absolute Gasteiger partial charge is 0.317 e. The fraction of sp³-hybridized carbons (Fsp3) is 0.444. The Kier molecular flexibility index (Phi) is 3.53. The summed E-state index contributed by atoms with van der Waals surface area (Å²) in [6.45, 7) is 1.98. The Balaban J connectivity index is 2.90. The summed E-state index contributed by atoms with van der Waals surface area (Å²) >= 11 is 0. The lowest BCUT2D eigenvalue weighted by molar-refractivity contribution is -0.385. The fourth-order valence-electron chi connectivity index (χ4n) is 1.18. The normalized spacial score (nSPS) is 12.4. The summed E-state index contributed by atoms with van der Waals surface area (Å²) in [5.41, 5.74) is 0.807. The van der Waals surface area contributed by atoms with Gasteiger partial charge in [-0.05, 0) is 26.5 Å². The molecule has 0 bridgehead atoms. The standard InChI is InChI=1S/C9H13N3O2/c1-7(10-2)5-8-3-4-11-6-9(8)12(13)14/h3-4,6-7,10H,5H2,1-2H3. The molecule has 14 heavy (non-hydrogen) atoms. The van der Waals surface area contributed by atoms with Gasteiger partial charge in [-0.25, -0.2) is 0 Å². The average Bonchev–Trinajstić information content (AvgIpc) is 2.18. The van der Waals surface area contributed by atoms with E-state index in [1.54, 1.807) is 12.3 Å². The highest BCUT2D eigenvalue weighted by Crippen LogP contribution is 2.17. The van der Waals surface area contributed by atoms with Crippen LogP contribution >= 0.6 is 0 Å². The number of pyridine rings is 1. The first-order chi connectivity index (χ1) is 6.65. The van der Waals surface area contributed by atoms with Crippen LogP contribution in [0, 0.1) is 10.1 Å². The Morgan fingerprint density at radius 2 is 2.43 bits per heavy atom. The van der Waals surface area contributed by atoms with E-state index in [0.717, 1.165) is 0 Å². The second-order valence-electron chi connectivity index (χ2n) is 3.16. The molecule has 5 heteroatoms. The van der Waals surface area contributed by atoms with Crippen molar-refractivity contribution in [1.29, 1.82) is 0 Å². The summed E-state index contributed by atoms with van der Waals surface area (Å²) < 4.78 is 0. The van der Waals surface area contributed by atoms with Crippen LogP contribution in [0.4, 0.5) is 5.69 Å². The summed E-state index contributed by atoms with van der Waals surface area (Å²) in [7, 11) is 1.83. The maximum atomic E-state index is 10.6. The van der Waals surface area contributed by atoms with Crippen LogP contribution in [-0.4, -0.2) is 23.0 Å². The predicted octanol–water partition coefficient (Wildman–Crippen LogP) is 1.14. The molecule has 1 N–H and O–H groups in total. The highest BCUT2D eigenvalue weighted by molar-refractivity contribution is 5.37. The number of nitro groups is 1. The average molecular weight is 195 g/mol. The summed E-state index contributed by atoms with van der Waals surface area (Å²) in [6, 6.07) is 1.91. The zero-order chi connectivity index (χ0) is 10.6. The molecular formula is C9H13N3O2. The molecule has 0 saturated carbocycles. The summed E-state index contributed by atoms with van der Waals surface area (Å²) in [6.07, 6.45) is 3.50. The fourth-order valence-corrected chi connectivity index (χ4v) is 1.18. The smallest absolute Gasteiger partial charge is 0.290 e. The number of aromatic nitrogens is 1. The Labute approximate surface area is 82.3 Å². The van der Waals surface area contributed by atoms with Crippen LogP contribution in [0.5, 0.6) is 0 Å². The minimum absolute atomic E-state index is 0.0922. The SMILES string of the molecule is CNC(C)Cc1ccncc1[N+](=O)[O-]. The predicted molar refractivity (Wildman–Crippen MR) is 53.1 cm³/mol. The van der Waals surface area contributed by atoms with Crippen LogP contribution in [0.3, 0.4) is 0 Å². The zero-order valence-corrected chi connectivity index (χ0v) is 8.23. The third-order valence-corrected chi connectivity index (χ3v) is 2.10. The Morgan fingerprint density at radius 1 is 1.71 bits per heavy atom. The van der Waals surface area contributed by atoms with E-state index >= 15 is 0 Å². The van der Waals surface area contributed by atoms with Crippen molar-refractivity contribution in [1.82, 2.24) is 10.3 Å². The molecule has 0 spiro atoms. The Hall–Kier alpha value is -1.49. The van der Waals surface area contributed by atoms with Gasteiger partial charge in [-0.2, -0.15) is 0 Å². The number of hydrogen-bond donors (Lipinski definition) is 1. The van der Waals surface area contributed by atoms with E-state index in [-0.39, 0.29) is 11.7 Å². The first kappa shape index (κ1) is 10.6. The summed E-state index contributed by atoms with van der Waals surface area (Å²) in [5, 5.41) is 13.7. The van der Waals surface area contributed by atoms with Gasteiger partial charge in [0.15, 0.2) is 0 Å². The van der Waals surface area contributed by atoms with Crippen molar-refractivity contribution in [2.24, 2.45) is 0 Å². The highest BCUT2D eigenvalue weighted by Gasteiger charge is 2.14. The lowest BCUT2D eigenvalue weighted by Gasteiger charge is -2.09. The zero-order valence-electron chi connectivity index (χ0n) is 8.23. The van der Waals surface area contributed by atoms with E-state index < -0.39 is 4.92 Å². The molecule has 0 saturated heterocycles. The third kappa shape index (κ3) is 2.50. The van der Waals surface area contributed by atoms with E-state index in [0.29, 0.717) is 12.0 Å². The van der Waals surface area contributed by atoms with Gasteiger partial charge in [-0.15, -0.1) is 0 Å². The van der Waals surface area contributed by atoms with Crippen LogP contribution in [0.2, 0.25) is 0 Å². The van der Waals surface area contributed by atoms with Gasteiger partial charge >= 0.3 is 0 Å². The topological polar surface area (TPSA) is 68.1 Å². The van der Waals surface area contributed by atoms with Gasteiger partial charge in [0, 0.05) is 17.8 Å². The van der Waals surface area contributed by atoms with Crippen LogP contribution in [-0.2, 0) is 6.42 Å². The molecule has 1 aromatic rings. The van der Waals surface area contributed by atoms with Crippen LogP contribution in [0.25, 0.3) is 0 Å². The molecular weight excluding hydrogens is 182 g/mol. The molecule has 1 aromatic heterocycles. The van der Waals surface area contributed by atoms with Crippen LogP contribution < -0.4 is 5.32 Å².